The van der Waals surface area contributed by atoms with Gasteiger partial charge in [-0.25, -0.2) is 0 Å². The Labute approximate surface area is 226 Å². The minimum absolute atomic E-state index is 1.26. The van der Waals surface area contributed by atoms with Crippen LogP contribution >= 0.6 is 7.82 Å². The molecule has 26 heavy (non-hydrogen) atoms. The summed E-state index contributed by atoms with van der Waals surface area (Å²) in [7, 11) is -5.39. The number of phosphoric acid groups is 1. The standard InChI is InChI=1S/3C6H5.3Ca.H3O4P/c3*1-2-4-6-5-3-1;;;;1-5(2,3)4/h3*1-5H;;;;(H3,1,2,3,4)/q;;;3*+1;/p-3. The van der Waals surface area contributed by atoms with Gasteiger partial charge in [0.15, 0.2) is 0 Å². The maximum absolute atomic E-state index is 8.55. The SMILES string of the molecule is O=P([O-])([O-])[O-].[Ca+][c]1ccccc1.[Ca+][c]1ccccc1.[Ca+][c]1ccccc1. The maximum atomic E-state index is 8.55. The van der Waals surface area contributed by atoms with E-state index in [1.165, 1.54) is 112 Å². The Morgan fingerprint density at radius 2 is 0.654 bits per heavy atom. The zero-order valence-corrected chi connectivity index (χ0v) is 21.9. The molecule has 8 heteroatoms. The molecule has 0 heterocycles. The molecule has 0 aliphatic carbocycles. The Bertz CT molecular complexity index is 641. The molecule has 4 nitrogen and oxygen atoms in total. The second-order valence-corrected chi connectivity index (χ2v) is 9.62. The molecule has 3 aromatic carbocycles. The van der Waals surface area contributed by atoms with Gasteiger partial charge in [-0.2, -0.15) is 7.82 Å². The average Bonchev–Trinajstić information content (AvgIpc) is 2.57. The van der Waals surface area contributed by atoms with Crippen molar-refractivity contribution in [3.63, 3.8) is 0 Å². The first kappa shape index (κ1) is 27.5. The Morgan fingerprint density at radius 3 is 0.731 bits per heavy atom. The van der Waals surface area contributed by atoms with Crippen LogP contribution in [0.15, 0.2) is 91.0 Å². The van der Waals surface area contributed by atoms with Gasteiger partial charge in [-0.15, -0.1) is 0 Å². The van der Waals surface area contributed by atoms with E-state index in [0.29, 0.717) is 0 Å². The van der Waals surface area contributed by atoms with Gasteiger partial charge in [0.1, 0.15) is 0 Å². The fraction of sp³-hybridized carbons (Fsp3) is 0. The van der Waals surface area contributed by atoms with Crippen molar-refractivity contribution in [3.05, 3.63) is 91.0 Å². The van der Waals surface area contributed by atoms with E-state index in [4.69, 9.17) is 19.2 Å². The van der Waals surface area contributed by atoms with Crippen molar-refractivity contribution in [3.8, 4) is 0 Å². The second-order valence-electron chi connectivity index (χ2n) is 4.90. The molecule has 122 valence electrons. The molecular formula is C18H15Ca3O4P. The fourth-order valence-electron chi connectivity index (χ4n) is 1.43. The molecular weight excluding hydrogens is 431 g/mol. The molecule has 0 saturated heterocycles. The van der Waals surface area contributed by atoms with E-state index >= 15 is 0 Å². The van der Waals surface area contributed by atoms with Gasteiger partial charge < -0.3 is 19.2 Å². The molecule has 0 N–H and O–H groups in total. The Kier molecular flexibility index (Phi) is 18.4. The van der Waals surface area contributed by atoms with Gasteiger partial charge in [0.2, 0.25) is 0 Å². The van der Waals surface area contributed by atoms with Crippen LogP contribution in [0.25, 0.3) is 0 Å². The van der Waals surface area contributed by atoms with Gasteiger partial charge in [-0.05, 0) is 0 Å². The van der Waals surface area contributed by atoms with Crippen LogP contribution in [0.4, 0.5) is 0 Å². The summed E-state index contributed by atoms with van der Waals surface area (Å²) in [5.74, 6) is 0. The molecule has 0 unspecified atom stereocenters. The first-order valence-electron chi connectivity index (χ1n) is 7.52. The molecule has 0 saturated carbocycles. The van der Waals surface area contributed by atoms with Crippen LogP contribution in [0, 0.1) is 0 Å². The van der Waals surface area contributed by atoms with Crippen molar-refractivity contribution >= 4 is 120 Å². The third-order valence-electron chi connectivity index (χ3n) is 2.53. The normalized spacial score (nSPS) is 9.42. The molecule has 0 radical (unpaired) electrons. The first-order chi connectivity index (χ1) is 12.2. The summed E-state index contributed by atoms with van der Waals surface area (Å²) in [5, 5.41) is 0. The van der Waals surface area contributed by atoms with Crippen LogP contribution in [-0.4, -0.2) is 107 Å². The van der Waals surface area contributed by atoms with E-state index in [-0.39, 0.29) is 0 Å². The van der Waals surface area contributed by atoms with Gasteiger partial charge >= 0.3 is 203 Å². The summed E-state index contributed by atoms with van der Waals surface area (Å²) in [6, 6.07) is 31.4. The van der Waals surface area contributed by atoms with Crippen LogP contribution < -0.4 is 19.7 Å². The van der Waals surface area contributed by atoms with Gasteiger partial charge in [-0.1, -0.05) is 0 Å². The molecule has 0 aliphatic rings. The van der Waals surface area contributed by atoms with E-state index in [1.54, 1.807) is 0 Å². The summed E-state index contributed by atoms with van der Waals surface area (Å²) >= 11 is 3.79. The van der Waals surface area contributed by atoms with Crippen LogP contribution in [0.1, 0.15) is 0 Å². The Hall–Kier alpha value is 1.55. The van der Waals surface area contributed by atoms with Gasteiger partial charge in [0.05, 0.1) is 0 Å². The molecule has 0 atom stereocenters. The summed E-state index contributed by atoms with van der Waals surface area (Å²) in [6.07, 6.45) is 0. The van der Waals surface area contributed by atoms with Crippen molar-refractivity contribution in [2.24, 2.45) is 0 Å². The number of hydrogen-bond donors (Lipinski definition) is 0. The molecule has 0 amide bonds. The molecule has 0 bridgehead atoms. The van der Waals surface area contributed by atoms with Crippen molar-refractivity contribution in [1.29, 1.82) is 0 Å². The molecule has 3 aromatic rings. The van der Waals surface area contributed by atoms with Gasteiger partial charge in [0, 0.05) is 0 Å². The fourth-order valence-corrected chi connectivity index (χ4v) is 2.71. The molecule has 0 aliphatic heterocycles. The van der Waals surface area contributed by atoms with Crippen LogP contribution in [0.3, 0.4) is 0 Å². The zero-order valence-electron chi connectivity index (χ0n) is 14.4. The van der Waals surface area contributed by atoms with Crippen molar-refractivity contribution in [1.82, 2.24) is 0 Å². The Balaban J connectivity index is 0.000000324. The number of benzene rings is 3. The van der Waals surface area contributed by atoms with Gasteiger partial charge in [0.25, 0.3) is 0 Å². The predicted molar refractivity (Wildman–Crippen MR) is 103 cm³/mol. The summed E-state index contributed by atoms with van der Waals surface area (Å²) in [4.78, 5) is 25.6. The van der Waals surface area contributed by atoms with E-state index in [1.807, 2.05) is 18.2 Å². The van der Waals surface area contributed by atoms with E-state index in [2.05, 4.69) is 72.8 Å². The van der Waals surface area contributed by atoms with Crippen LogP contribution in [0.2, 0.25) is 0 Å². The Morgan fingerprint density at radius 1 is 0.500 bits per heavy atom. The van der Waals surface area contributed by atoms with E-state index in [9.17, 15) is 0 Å². The van der Waals surface area contributed by atoms with Crippen molar-refractivity contribution in [2.45, 2.75) is 0 Å². The van der Waals surface area contributed by atoms with Crippen LogP contribution in [-0.2, 0) is 4.57 Å². The summed E-state index contributed by atoms with van der Waals surface area (Å²) in [6.45, 7) is 0. The molecule has 0 aromatic heterocycles. The number of hydrogen-bond acceptors (Lipinski definition) is 4. The van der Waals surface area contributed by atoms with E-state index < -0.39 is 7.82 Å². The van der Waals surface area contributed by atoms with Crippen molar-refractivity contribution < 1.29 is 19.2 Å². The summed E-state index contributed by atoms with van der Waals surface area (Å²) < 4.78 is 12.9. The van der Waals surface area contributed by atoms with E-state index in [0.717, 1.165) is 0 Å². The first-order valence-corrected chi connectivity index (χ1v) is 12.3. The zero-order chi connectivity index (χ0) is 19.8. The van der Waals surface area contributed by atoms with Gasteiger partial charge in [-0.3, -0.25) is 0 Å². The second kappa shape index (κ2) is 17.4. The monoisotopic (exact) mass is 446 g/mol. The third-order valence-corrected chi connectivity index (χ3v) is 4.74. The van der Waals surface area contributed by atoms with Crippen LogP contribution in [0.5, 0.6) is 0 Å². The topological polar surface area (TPSA) is 86.2 Å². The predicted octanol–water partition coefficient (Wildman–Crippen LogP) is -1.38. The average molecular weight is 447 g/mol. The minimum atomic E-state index is -5.39. The quantitative estimate of drug-likeness (QED) is 0.315. The molecule has 0 spiro atoms. The summed E-state index contributed by atoms with van der Waals surface area (Å²) in [5.41, 5.74) is 0. The molecule has 3 rings (SSSR count). The molecule has 0 fully saturated rings. The van der Waals surface area contributed by atoms with Crippen molar-refractivity contribution in [2.75, 3.05) is 0 Å². The third kappa shape index (κ3) is 23.6. The number of rotatable bonds is 0.